The Kier molecular flexibility index (Phi) is 5.75. The molecule has 0 bridgehead atoms. The molecule has 1 atom stereocenters. The maximum atomic E-state index is 12.5. The van der Waals surface area contributed by atoms with Crippen LogP contribution in [0.2, 0.25) is 0 Å². The van der Waals surface area contributed by atoms with Crippen LogP contribution < -0.4 is 9.64 Å². The summed E-state index contributed by atoms with van der Waals surface area (Å²) in [5, 5.41) is 2.09. The number of alkyl halides is 3. The molecule has 7 heteroatoms. The van der Waals surface area contributed by atoms with Gasteiger partial charge in [0, 0.05) is 37.7 Å². The molecule has 0 spiro atoms. The molecule has 0 unspecified atom stereocenters. The number of thiophene rings is 1. The minimum Gasteiger partial charge on any atom is -0.406 e. The first-order valence-electron chi connectivity index (χ1n) is 9.72. The third-order valence-electron chi connectivity index (χ3n) is 5.33. The van der Waals surface area contributed by atoms with Crippen LogP contribution in [0.25, 0.3) is 0 Å². The monoisotopic (exact) mass is 432 g/mol. The number of benzene rings is 2. The highest BCUT2D eigenvalue weighted by molar-refractivity contribution is 7.10. The zero-order valence-electron chi connectivity index (χ0n) is 16.8. The molecule has 0 fully saturated rings. The lowest BCUT2D eigenvalue weighted by molar-refractivity contribution is -0.274. The van der Waals surface area contributed by atoms with Crippen LogP contribution in [-0.2, 0) is 13.0 Å². The van der Waals surface area contributed by atoms with Gasteiger partial charge in [-0.3, -0.25) is 4.90 Å². The highest BCUT2D eigenvalue weighted by Gasteiger charge is 2.32. The molecule has 0 N–H and O–H groups in total. The molecule has 1 aliphatic rings. The molecule has 158 valence electrons. The van der Waals surface area contributed by atoms with Gasteiger partial charge >= 0.3 is 6.36 Å². The molecular formula is C23H23F3N2OS. The number of fused-ring (bicyclic) bond motifs is 1. The fourth-order valence-electron chi connectivity index (χ4n) is 3.91. The second kappa shape index (κ2) is 8.32. The summed E-state index contributed by atoms with van der Waals surface area (Å²) in [6.07, 6.45) is -3.70. The summed E-state index contributed by atoms with van der Waals surface area (Å²) in [5.41, 5.74) is 4.56. The van der Waals surface area contributed by atoms with Gasteiger partial charge in [0.1, 0.15) is 5.75 Å². The summed E-state index contributed by atoms with van der Waals surface area (Å²) < 4.78 is 41.5. The quantitative estimate of drug-likeness (QED) is 0.502. The van der Waals surface area contributed by atoms with E-state index in [0.717, 1.165) is 30.8 Å². The molecule has 3 nitrogen and oxygen atoms in total. The molecular weight excluding hydrogens is 409 g/mol. The highest BCUT2D eigenvalue weighted by Crippen LogP contribution is 2.39. The number of hydrogen-bond donors (Lipinski definition) is 0. The van der Waals surface area contributed by atoms with Gasteiger partial charge in [0.2, 0.25) is 0 Å². The van der Waals surface area contributed by atoms with Crippen LogP contribution in [0.4, 0.5) is 18.9 Å². The Morgan fingerprint density at radius 3 is 2.37 bits per heavy atom. The second-order valence-corrected chi connectivity index (χ2v) is 8.60. The molecule has 0 saturated carbocycles. The van der Waals surface area contributed by atoms with E-state index in [1.807, 2.05) is 14.1 Å². The summed E-state index contributed by atoms with van der Waals surface area (Å²) in [4.78, 5) is 5.80. The van der Waals surface area contributed by atoms with Crippen LogP contribution in [-0.4, -0.2) is 31.9 Å². The number of halogens is 3. The zero-order valence-corrected chi connectivity index (χ0v) is 17.6. The summed E-state index contributed by atoms with van der Waals surface area (Å²) in [7, 11) is 4.03. The van der Waals surface area contributed by atoms with Crippen molar-refractivity contribution in [2.45, 2.75) is 25.4 Å². The Morgan fingerprint density at radius 2 is 1.73 bits per heavy atom. The largest absolute Gasteiger partial charge is 0.573 e. The Bertz CT molecular complexity index is 981. The highest BCUT2D eigenvalue weighted by atomic mass is 32.1. The molecule has 0 amide bonds. The average Bonchev–Trinajstić information content (AvgIpc) is 3.17. The van der Waals surface area contributed by atoms with E-state index >= 15 is 0 Å². The van der Waals surface area contributed by atoms with Crippen molar-refractivity contribution in [3.63, 3.8) is 0 Å². The van der Waals surface area contributed by atoms with Gasteiger partial charge in [-0.15, -0.1) is 24.5 Å². The van der Waals surface area contributed by atoms with Gasteiger partial charge in [-0.1, -0.05) is 24.3 Å². The SMILES string of the molecule is CN(C)c1ccc(CN2CCc3sccc3[C@H]2c2ccc(OC(F)(F)F)cc2)cc1. The van der Waals surface area contributed by atoms with E-state index in [1.165, 1.54) is 28.1 Å². The summed E-state index contributed by atoms with van der Waals surface area (Å²) in [6, 6.07) is 16.9. The molecule has 3 aromatic rings. The van der Waals surface area contributed by atoms with Crippen molar-refractivity contribution in [2.75, 3.05) is 25.5 Å². The van der Waals surface area contributed by atoms with E-state index in [2.05, 4.69) is 50.2 Å². The molecule has 1 aromatic heterocycles. The predicted octanol–water partition coefficient (Wildman–Crippen LogP) is 5.86. The lowest BCUT2D eigenvalue weighted by atomic mass is 9.92. The lowest BCUT2D eigenvalue weighted by Crippen LogP contribution is -2.34. The first-order chi connectivity index (χ1) is 14.3. The van der Waals surface area contributed by atoms with Crippen LogP contribution in [0.1, 0.15) is 27.6 Å². The predicted molar refractivity (Wildman–Crippen MR) is 114 cm³/mol. The number of anilines is 1. The van der Waals surface area contributed by atoms with Gasteiger partial charge < -0.3 is 9.64 Å². The van der Waals surface area contributed by atoms with E-state index in [9.17, 15) is 13.2 Å². The first-order valence-corrected chi connectivity index (χ1v) is 10.6. The van der Waals surface area contributed by atoms with E-state index in [1.54, 1.807) is 23.5 Å². The third-order valence-corrected chi connectivity index (χ3v) is 6.33. The Balaban J connectivity index is 1.60. The number of hydrogen-bond acceptors (Lipinski definition) is 4. The molecule has 4 rings (SSSR count). The van der Waals surface area contributed by atoms with Crippen LogP contribution in [0.5, 0.6) is 5.75 Å². The molecule has 2 aromatic carbocycles. The summed E-state index contributed by atoms with van der Waals surface area (Å²) >= 11 is 1.74. The van der Waals surface area contributed by atoms with E-state index in [4.69, 9.17) is 0 Å². The fourth-order valence-corrected chi connectivity index (χ4v) is 4.82. The summed E-state index contributed by atoms with van der Waals surface area (Å²) in [5.74, 6) is -0.196. The van der Waals surface area contributed by atoms with Gasteiger partial charge in [-0.2, -0.15) is 0 Å². The number of ether oxygens (including phenoxy) is 1. The van der Waals surface area contributed by atoms with Crippen molar-refractivity contribution in [1.82, 2.24) is 4.90 Å². The molecule has 0 radical (unpaired) electrons. The van der Waals surface area contributed by atoms with Gasteiger partial charge in [0.05, 0.1) is 6.04 Å². The molecule has 2 heterocycles. The smallest absolute Gasteiger partial charge is 0.406 e. The maximum Gasteiger partial charge on any atom is 0.573 e. The van der Waals surface area contributed by atoms with Crippen LogP contribution in [0, 0.1) is 0 Å². The van der Waals surface area contributed by atoms with Crippen molar-refractivity contribution < 1.29 is 17.9 Å². The van der Waals surface area contributed by atoms with Gasteiger partial charge in [-0.25, -0.2) is 0 Å². The minimum absolute atomic E-state index is 0.00784. The van der Waals surface area contributed by atoms with E-state index in [0.29, 0.717) is 0 Å². The zero-order chi connectivity index (χ0) is 21.3. The van der Waals surface area contributed by atoms with E-state index < -0.39 is 6.36 Å². The van der Waals surface area contributed by atoms with Crippen molar-refractivity contribution in [2.24, 2.45) is 0 Å². The Labute approximate surface area is 178 Å². The van der Waals surface area contributed by atoms with Crippen molar-refractivity contribution in [3.05, 3.63) is 81.5 Å². The van der Waals surface area contributed by atoms with Crippen molar-refractivity contribution >= 4 is 17.0 Å². The normalized spacial score (nSPS) is 16.9. The first kappa shape index (κ1) is 20.8. The van der Waals surface area contributed by atoms with Crippen LogP contribution >= 0.6 is 11.3 Å². The Hall–Kier alpha value is -2.51. The number of rotatable bonds is 5. The van der Waals surface area contributed by atoms with E-state index in [-0.39, 0.29) is 11.8 Å². The maximum absolute atomic E-state index is 12.5. The van der Waals surface area contributed by atoms with Gasteiger partial charge in [0.15, 0.2) is 0 Å². The van der Waals surface area contributed by atoms with Crippen LogP contribution in [0.15, 0.2) is 60.0 Å². The summed E-state index contributed by atoms with van der Waals surface area (Å²) in [6.45, 7) is 1.67. The van der Waals surface area contributed by atoms with Crippen LogP contribution in [0.3, 0.4) is 0 Å². The van der Waals surface area contributed by atoms with Gasteiger partial charge in [-0.05, 0) is 58.8 Å². The van der Waals surface area contributed by atoms with Gasteiger partial charge in [0.25, 0.3) is 0 Å². The molecule has 0 aliphatic carbocycles. The lowest BCUT2D eigenvalue weighted by Gasteiger charge is -2.36. The average molecular weight is 433 g/mol. The minimum atomic E-state index is -4.68. The third kappa shape index (κ3) is 4.63. The molecule has 30 heavy (non-hydrogen) atoms. The standard InChI is InChI=1S/C23H23F3N2OS/c1-27(2)18-7-3-16(4-8-18)15-28-13-11-21-20(12-14-30-21)22(28)17-5-9-19(10-6-17)29-23(24,25)26/h3-10,12,14,22H,11,13,15H2,1-2H3/t22-/m1/s1. The fraction of sp³-hybridized carbons (Fsp3) is 0.304. The Morgan fingerprint density at radius 1 is 1.03 bits per heavy atom. The topological polar surface area (TPSA) is 15.7 Å². The molecule has 1 aliphatic heterocycles. The second-order valence-electron chi connectivity index (χ2n) is 7.60. The number of nitrogens with zero attached hydrogens (tertiary/aromatic N) is 2. The molecule has 0 saturated heterocycles. The van der Waals surface area contributed by atoms with Crippen molar-refractivity contribution in [1.29, 1.82) is 0 Å². The van der Waals surface area contributed by atoms with Crippen molar-refractivity contribution in [3.8, 4) is 5.75 Å².